The Morgan fingerprint density at radius 1 is 1.00 bits per heavy atom. The van der Waals surface area contributed by atoms with E-state index in [-0.39, 0.29) is 29.4 Å². The van der Waals surface area contributed by atoms with Gasteiger partial charge in [0.15, 0.2) is 0 Å². The fraction of sp³-hybridized carbons (Fsp3) is 0.833. The van der Waals surface area contributed by atoms with Gasteiger partial charge in [-0.3, -0.25) is 0 Å². The number of halogens is 2. The second kappa shape index (κ2) is 11.6. The number of rotatable bonds is 7. The molecule has 1 aliphatic rings. The van der Waals surface area contributed by atoms with Crippen LogP contribution in [0.5, 0.6) is 0 Å². The lowest BCUT2D eigenvalue weighted by Crippen LogP contribution is -2.23. The first-order chi connectivity index (χ1) is 6.83. The smallest absolute Gasteiger partial charge is 0.0890 e. The SMILES string of the molecule is Br.CCCCCCCCN1C=CN(C)C1.Cl. The van der Waals surface area contributed by atoms with Crippen LogP contribution in [-0.4, -0.2) is 30.1 Å². The summed E-state index contributed by atoms with van der Waals surface area (Å²) in [5.41, 5.74) is 0. The van der Waals surface area contributed by atoms with Gasteiger partial charge in [0, 0.05) is 26.0 Å². The van der Waals surface area contributed by atoms with E-state index in [0.717, 1.165) is 6.67 Å². The Bertz CT molecular complexity index is 176. The number of unbranched alkanes of at least 4 members (excludes halogenated alkanes) is 5. The molecule has 0 saturated carbocycles. The van der Waals surface area contributed by atoms with Gasteiger partial charge >= 0.3 is 0 Å². The first kappa shape index (κ1) is 18.5. The molecule has 16 heavy (non-hydrogen) atoms. The van der Waals surface area contributed by atoms with Gasteiger partial charge in [-0.25, -0.2) is 0 Å². The van der Waals surface area contributed by atoms with Crippen molar-refractivity contribution in [3.05, 3.63) is 12.4 Å². The predicted octanol–water partition coefficient (Wildman–Crippen LogP) is 4.02. The molecule has 0 aromatic heterocycles. The summed E-state index contributed by atoms with van der Waals surface area (Å²) in [6.07, 6.45) is 12.7. The number of hydrogen-bond donors (Lipinski definition) is 0. The van der Waals surface area contributed by atoms with Gasteiger partial charge in [0.2, 0.25) is 0 Å². The third-order valence-corrected chi connectivity index (χ3v) is 2.74. The Labute approximate surface area is 117 Å². The summed E-state index contributed by atoms with van der Waals surface area (Å²) in [6.45, 7) is 4.58. The van der Waals surface area contributed by atoms with E-state index in [0.29, 0.717) is 0 Å². The molecule has 0 spiro atoms. The van der Waals surface area contributed by atoms with Crippen molar-refractivity contribution in [1.29, 1.82) is 0 Å². The van der Waals surface area contributed by atoms with Crippen LogP contribution in [0.15, 0.2) is 12.4 Å². The molecular weight excluding hydrogens is 288 g/mol. The topological polar surface area (TPSA) is 6.48 Å². The van der Waals surface area contributed by atoms with Gasteiger partial charge in [-0.15, -0.1) is 29.4 Å². The van der Waals surface area contributed by atoms with E-state index in [1.54, 1.807) is 0 Å². The number of nitrogens with zero attached hydrogens (tertiary/aromatic N) is 2. The van der Waals surface area contributed by atoms with Gasteiger partial charge in [-0.1, -0.05) is 39.0 Å². The van der Waals surface area contributed by atoms with Crippen molar-refractivity contribution in [3.8, 4) is 0 Å². The fourth-order valence-corrected chi connectivity index (χ4v) is 1.83. The summed E-state index contributed by atoms with van der Waals surface area (Å²) in [4.78, 5) is 4.61. The molecule has 1 heterocycles. The zero-order chi connectivity index (χ0) is 10.2. The highest BCUT2D eigenvalue weighted by atomic mass is 79.9. The molecule has 98 valence electrons. The maximum atomic E-state index is 2.39. The van der Waals surface area contributed by atoms with Crippen LogP contribution < -0.4 is 0 Å². The highest BCUT2D eigenvalue weighted by Gasteiger charge is 2.06. The van der Waals surface area contributed by atoms with E-state index < -0.39 is 0 Å². The molecule has 0 aromatic rings. The molecule has 0 saturated heterocycles. The molecule has 0 fully saturated rings. The fourth-order valence-electron chi connectivity index (χ4n) is 1.83. The highest BCUT2D eigenvalue weighted by Crippen LogP contribution is 2.08. The minimum atomic E-state index is 0. The van der Waals surface area contributed by atoms with Crippen molar-refractivity contribution in [2.24, 2.45) is 0 Å². The van der Waals surface area contributed by atoms with Gasteiger partial charge in [0.1, 0.15) is 0 Å². The molecule has 0 aliphatic carbocycles. The second-order valence-electron chi connectivity index (χ2n) is 4.28. The van der Waals surface area contributed by atoms with Crippen molar-refractivity contribution < 1.29 is 0 Å². The van der Waals surface area contributed by atoms with Gasteiger partial charge in [0.25, 0.3) is 0 Å². The maximum Gasteiger partial charge on any atom is 0.0890 e. The Kier molecular flexibility index (Phi) is 13.4. The lowest BCUT2D eigenvalue weighted by Gasteiger charge is -2.17. The van der Waals surface area contributed by atoms with E-state index in [1.165, 1.54) is 45.1 Å². The molecule has 0 bridgehead atoms. The summed E-state index contributed by atoms with van der Waals surface area (Å²) in [5.74, 6) is 0. The van der Waals surface area contributed by atoms with Crippen LogP contribution in [0.25, 0.3) is 0 Å². The molecule has 2 nitrogen and oxygen atoms in total. The Balaban J connectivity index is 0. The summed E-state index contributed by atoms with van der Waals surface area (Å²) in [6, 6.07) is 0. The summed E-state index contributed by atoms with van der Waals surface area (Å²) in [7, 11) is 2.12. The van der Waals surface area contributed by atoms with Gasteiger partial charge in [-0.2, -0.15) is 0 Å². The number of hydrogen-bond acceptors (Lipinski definition) is 2. The molecule has 1 rings (SSSR count). The van der Waals surface area contributed by atoms with Crippen LogP contribution in [0, 0.1) is 0 Å². The Morgan fingerprint density at radius 3 is 2.19 bits per heavy atom. The molecule has 0 N–H and O–H groups in total. The van der Waals surface area contributed by atoms with Crippen molar-refractivity contribution in [2.75, 3.05) is 20.3 Å². The van der Waals surface area contributed by atoms with Crippen molar-refractivity contribution in [2.45, 2.75) is 45.4 Å². The molecule has 1 aliphatic heterocycles. The molecule has 0 aromatic carbocycles. The van der Waals surface area contributed by atoms with Crippen LogP contribution in [0.4, 0.5) is 0 Å². The first-order valence-electron chi connectivity index (χ1n) is 5.95. The van der Waals surface area contributed by atoms with Crippen LogP contribution in [0.2, 0.25) is 0 Å². The van der Waals surface area contributed by atoms with E-state index in [2.05, 4.69) is 36.2 Å². The van der Waals surface area contributed by atoms with Crippen LogP contribution in [0.1, 0.15) is 45.4 Å². The lowest BCUT2D eigenvalue weighted by molar-refractivity contribution is 0.290. The van der Waals surface area contributed by atoms with E-state index in [9.17, 15) is 0 Å². The van der Waals surface area contributed by atoms with E-state index >= 15 is 0 Å². The van der Waals surface area contributed by atoms with Crippen LogP contribution >= 0.6 is 29.4 Å². The molecule has 0 radical (unpaired) electrons. The normalized spacial score (nSPS) is 13.6. The summed E-state index contributed by atoms with van der Waals surface area (Å²) in [5, 5.41) is 0. The van der Waals surface area contributed by atoms with Crippen molar-refractivity contribution in [1.82, 2.24) is 9.80 Å². The average molecular weight is 314 g/mol. The highest BCUT2D eigenvalue weighted by molar-refractivity contribution is 8.93. The lowest BCUT2D eigenvalue weighted by atomic mass is 10.1. The molecule has 0 unspecified atom stereocenters. The van der Waals surface area contributed by atoms with Gasteiger partial charge < -0.3 is 9.80 Å². The maximum absolute atomic E-state index is 2.39. The molecular formula is C12H26BrClN2. The van der Waals surface area contributed by atoms with E-state index in [4.69, 9.17) is 0 Å². The third-order valence-electron chi connectivity index (χ3n) is 2.74. The van der Waals surface area contributed by atoms with Gasteiger partial charge in [-0.05, 0) is 6.42 Å². The zero-order valence-corrected chi connectivity index (χ0v) is 13.1. The van der Waals surface area contributed by atoms with Crippen molar-refractivity contribution in [3.63, 3.8) is 0 Å². The summed E-state index contributed by atoms with van der Waals surface area (Å²) >= 11 is 0. The second-order valence-corrected chi connectivity index (χ2v) is 4.28. The monoisotopic (exact) mass is 312 g/mol. The van der Waals surface area contributed by atoms with Gasteiger partial charge in [0.05, 0.1) is 6.67 Å². The molecule has 0 atom stereocenters. The van der Waals surface area contributed by atoms with E-state index in [1.807, 2.05) is 0 Å². The average Bonchev–Trinajstić information content (AvgIpc) is 2.58. The van der Waals surface area contributed by atoms with Crippen LogP contribution in [0.3, 0.4) is 0 Å². The molecule has 0 amide bonds. The largest absolute Gasteiger partial charge is 0.362 e. The van der Waals surface area contributed by atoms with Crippen LogP contribution in [-0.2, 0) is 0 Å². The third kappa shape index (κ3) is 8.28. The first-order valence-corrected chi connectivity index (χ1v) is 5.95. The van der Waals surface area contributed by atoms with Crippen molar-refractivity contribution >= 4 is 29.4 Å². The predicted molar refractivity (Wildman–Crippen MR) is 79.4 cm³/mol. The standard InChI is InChI=1S/C12H24N2.BrH.ClH/c1-3-4-5-6-7-8-9-14-11-10-13(2)12-14;;/h10-11H,3-9,12H2,1-2H3;2*1H. The molecule has 4 heteroatoms. The Hall–Kier alpha value is 0.110. The minimum absolute atomic E-state index is 0. The quantitative estimate of drug-likeness (QED) is 0.655. The minimum Gasteiger partial charge on any atom is -0.362 e. The zero-order valence-electron chi connectivity index (χ0n) is 10.5. The Morgan fingerprint density at radius 2 is 1.62 bits per heavy atom. The summed E-state index contributed by atoms with van der Waals surface area (Å²) < 4.78 is 0.